The van der Waals surface area contributed by atoms with Crippen LogP contribution in [0.5, 0.6) is 5.75 Å². The average molecular weight is 478 g/mol. The Balaban J connectivity index is 2.33. The highest BCUT2D eigenvalue weighted by atomic mass is 32.2. The average Bonchev–Trinajstić information content (AvgIpc) is 2.82. The van der Waals surface area contributed by atoms with Crippen molar-refractivity contribution in [3.63, 3.8) is 0 Å². The van der Waals surface area contributed by atoms with Gasteiger partial charge in [0.25, 0.3) is 12.3 Å². The summed E-state index contributed by atoms with van der Waals surface area (Å²) in [4.78, 5) is 25.4. The highest BCUT2D eigenvalue weighted by Crippen LogP contribution is 2.24. The number of hydrogen-bond donors (Lipinski definition) is 3. The summed E-state index contributed by atoms with van der Waals surface area (Å²) in [5.74, 6) is -1.36. The third kappa shape index (κ3) is 6.79. The second-order valence-corrected chi connectivity index (χ2v) is 7.64. The number of nitrogens with one attached hydrogen (secondary N) is 3. The van der Waals surface area contributed by atoms with E-state index in [1.807, 2.05) is 12.3 Å². The first-order valence-electron chi connectivity index (χ1n) is 9.81. The van der Waals surface area contributed by atoms with Crippen LogP contribution in [0.4, 0.5) is 8.78 Å². The molecule has 0 spiro atoms. The van der Waals surface area contributed by atoms with Gasteiger partial charge in [-0.15, -0.1) is 11.8 Å². The molecule has 176 valence electrons. The zero-order chi connectivity index (χ0) is 24.5. The van der Waals surface area contributed by atoms with Gasteiger partial charge in [0, 0.05) is 11.9 Å². The van der Waals surface area contributed by atoms with Crippen molar-refractivity contribution in [2.45, 2.75) is 24.3 Å². The third-order valence-electron chi connectivity index (χ3n) is 4.61. The van der Waals surface area contributed by atoms with Gasteiger partial charge < -0.3 is 20.1 Å². The van der Waals surface area contributed by atoms with Crippen LogP contribution in [0, 0.1) is 5.41 Å². The number of carbonyl (C=O) groups is 2. The van der Waals surface area contributed by atoms with Crippen molar-refractivity contribution in [2.75, 3.05) is 20.4 Å². The number of methoxy groups -OCH3 is 1. The molecule has 7 nitrogen and oxygen atoms in total. The van der Waals surface area contributed by atoms with Gasteiger partial charge >= 0.3 is 5.97 Å². The number of ether oxygens (including phenoxy) is 2. The number of carbonyl (C=O) groups excluding carboxylic acids is 2. The number of esters is 1. The molecule has 0 aliphatic carbocycles. The standard InChI is InChI=1S/C23H25F2N3O4S/c1-13(14-8-10-15(11-9-14)23(30)31-3)28-21(29)18(19(26)20(24)25)22(27-2)32-16-6-5-7-17(12-16)33-4/h5-13,20,26-27H,1-4H3,(H,28,29)/b22-18-,26-19?. The lowest BCUT2D eigenvalue weighted by molar-refractivity contribution is -0.117. The predicted molar refractivity (Wildman–Crippen MR) is 123 cm³/mol. The maximum Gasteiger partial charge on any atom is 0.337 e. The van der Waals surface area contributed by atoms with Crippen molar-refractivity contribution in [1.29, 1.82) is 5.41 Å². The van der Waals surface area contributed by atoms with Gasteiger partial charge in [-0.3, -0.25) is 10.2 Å². The Morgan fingerprint density at radius 3 is 2.33 bits per heavy atom. The minimum Gasteiger partial charge on any atom is -0.465 e. The Bertz CT molecular complexity index is 1040. The molecule has 0 aromatic heterocycles. The van der Waals surface area contributed by atoms with Crippen LogP contribution >= 0.6 is 11.8 Å². The van der Waals surface area contributed by atoms with Crippen LogP contribution in [-0.4, -0.2) is 44.4 Å². The Hall–Kier alpha value is -3.40. The molecular formula is C23H25F2N3O4S. The number of amides is 1. The van der Waals surface area contributed by atoms with Crippen LogP contribution in [0.25, 0.3) is 0 Å². The van der Waals surface area contributed by atoms with E-state index in [1.165, 1.54) is 38.1 Å². The number of rotatable bonds is 10. The monoisotopic (exact) mass is 477 g/mol. The quantitative estimate of drug-likeness (QED) is 0.156. The Kier molecular flexibility index (Phi) is 9.41. The van der Waals surface area contributed by atoms with Crippen molar-refractivity contribution in [3.05, 3.63) is 71.1 Å². The van der Waals surface area contributed by atoms with Crippen LogP contribution in [0.1, 0.15) is 28.9 Å². The number of alkyl halides is 2. The zero-order valence-electron chi connectivity index (χ0n) is 18.6. The summed E-state index contributed by atoms with van der Waals surface area (Å²) in [6.07, 6.45) is -1.32. The van der Waals surface area contributed by atoms with Gasteiger partial charge in [0.15, 0.2) is 0 Å². The highest BCUT2D eigenvalue weighted by Gasteiger charge is 2.29. The van der Waals surface area contributed by atoms with E-state index >= 15 is 0 Å². The van der Waals surface area contributed by atoms with Gasteiger partial charge in [-0.25, -0.2) is 13.6 Å². The smallest absolute Gasteiger partial charge is 0.337 e. The molecule has 1 atom stereocenters. The first-order valence-corrected chi connectivity index (χ1v) is 11.0. The SMILES string of the molecule is CN/C(Oc1cccc(SC)c1)=C(\C(=N)C(F)F)C(=O)NC(C)c1ccc(C(=O)OC)cc1. The Morgan fingerprint density at radius 1 is 1.12 bits per heavy atom. The molecule has 0 radical (unpaired) electrons. The number of benzene rings is 2. The number of halogens is 2. The van der Waals surface area contributed by atoms with Crippen molar-refractivity contribution >= 4 is 29.4 Å². The molecule has 0 aliphatic rings. The lowest BCUT2D eigenvalue weighted by Crippen LogP contribution is -2.36. The van der Waals surface area contributed by atoms with Crippen molar-refractivity contribution < 1.29 is 27.8 Å². The summed E-state index contributed by atoms with van der Waals surface area (Å²) in [6.45, 7) is 1.65. The van der Waals surface area contributed by atoms with Gasteiger partial charge in [0.05, 0.1) is 18.7 Å². The van der Waals surface area contributed by atoms with Crippen LogP contribution < -0.4 is 15.4 Å². The molecule has 2 aromatic rings. The van der Waals surface area contributed by atoms with Crippen LogP contribution in [0.3, 0.4) is 0 Å². The summed E-state index contributed by atoms with van der Waals surface area (Å²) in [5, 5.41) is 13.0. The van der Waals surface area contributed by atoms with E-state index in [1.54, 1.807) is 37.3 Å². The second-order valence-electron chi connectivity index (χ2n) is 6.76. The van der Waals surface area contributed by atoms with E-state index in [2.05, 4.69) is 15.4 Å². The maximum atomic E-state index is 13.4. The summed E-state index contributed by atoms with van der Waals surface area (Å²) in [6, 6.07) is 12.6. The van der Waals surface area contributed by atoms with Gasteiger partial charge in [-0.05, 0) is 49.1 Å². The van der Waals surface area contributed by atoms with Gasteiger partial charge in [0.2, 0.25) is 5.88 Å². The fourth-order valence-electron chi connectivity index (χ4n) is 2.84. The van der Waals surface area contributed by atoms with Crippen molar-refractivity contribution in [3.8, 4) is 5.75 Å². The zero-order valence-corrected chi connectivity index (χ0v) is 19.4. The first kappa shape index (κ1) is 25.9. The lowest BCUT2D eigenvalue weighted by Gasteiger charge is -2.19. The molecule has 33 heavy (non-hydrogen) atoms. The first-order chi connectivity index (χ1) is 15.7. The molecular weight excluding hydrogens is 452 g/mol. The second kappa shape index (κ2) is 12.0. The summed E-state index contributed by atoms with van der Waals surface area (Å²) < 4.78 is 37.2. The van der Waals surface area contributed by atoms with Crippen molar-refractivity contribution in [1.82, 2.24) is 10.6 Å². The predicted octanol–water partition coefficient (Wildman–Crippen LogP) is 4.17. The Labute approximate surface area is 195 Å². The molecule has 1 unspecified atom stereocenters. The minimum absolute atomic E-state index is 0.274. The summed E-state index contributed by atoms with van der Waals surface area (Å²) in [5.41, 5.74) is -0.831. The third-order valence-corrected chi connectivity index (χ3v) is 5.33. The Morgan fingerprint density at radius 2 is 1.79 bits per heavy atom. The van der Waals surface area contributed by atoms with Crippen LogP contribution in [0.2, 0.25) is 0 Å². The highest BCUT2D eigenvalue weighted by molar-refractivity contribution is 7.98. The number of thioether (sulfide) groups is 1. The van der Waals surface area contributed by atoms with E-state index in [-0.39, 0.29) is 5.88 Å². The molecule has 0 saturated carbocycles. The van der Waals surface area contributed by atoms with E-state index < -0.39 is 35.6 Å². The molecule has 2 rings (SSSR count). The summed E-state index contributed by atoms with van der Waals surface area (Å²) in [7, 11) is 2.68. The largest absolute Gasteiger partial charge is 0.465 e. The topological polar surface area (TPSA) is 101 Å². The van der Waals surface area contributed by atoms with E-state index in [0.717, 1.165) is 4.90 Å². The molecule has 2 aromatic carbocycles. The minimum atomic E-state index is -3.19. The molecule has 0 fully saturated rings. The molecule has 1 amide bonds. The fourth-order valence-corrected chi connectivity index (χ4v) is 3.29. The number of hydrogen-bond acceptors (Lipinski definition) is 7. The van der Waals surface area contributed by atoms with Crippen molar-refractivity contribution in [2.24, 2.45) is 0 Å². The molecule has 0 bridgehead atoms. The summed E-state index contributed by atoms with van der Waals surface area (Å²) >= 11 is 1.47. The molecule has 3 N–H and O–H groups in total. The van der Waals surface area contributed by atoms with E-state index in [4.69, 9.17) is 10.1 Å². The van der Waals surface area contributed by atoms with Gasteiger partial charge in [0.1, 0.15) is 17.0 Å². The lowest BCUT2D eigenvalue weighted by atomic mass is 10.0. The van der Waals surface area contributed by atoms with Crippen LogP contribution in [-0.2, 0) is 9.53 Å². The van der Waals surface area contributed by atoms with Crippen LogP contribution in [0.15, 0.2) is 64.9 Å². The molecule has 0 heterocycles. The molecule has 10 heteroatoms. The van der Waals surface area contributed by atoms with Gasteiger partial charge in [-0.1, -0.05) is 18.2 Å². The molecule has 0 saturated heterocycles. The van der Waals surface area contributed by atoms with Gasteiger partial charge in [-0.2, -0.15) is 0 Å². The van der Waals surface area contributed by atoms with E-state index in [9.17, 15) is 18.4 Å². The fraction of sp³-hybridized carbons (Fsp3) is 0.261. The normalized spacial score (nSPS) is 12.5. The maximum absolute atomic E-state index is 13.4. The van der Waals surface area contributed by atoms with E-state index in [0.29, 0.717) is 16.9 Å². The molecule has 0 aliphatic heterocycles.